The quantitative estimate of drug-likeness (QED) is 0.320. The lowest BCUT2D eigenvalue weighted by molar-refractivity contribution is 0.402. The summed E-state index contributed by atoms with van der Waals surface area (Å²) in [5.41, 5.74) is 7.90. The Morgan fingerprint density at radius 3 is 2.37 bits per heavy atom. The van der Waals surface area contributed by atoms with Crippen LogP contribution in [0.5, 0.6) is 0 Å². The number of para-hydroxylation sites is 3. The third-order valence-corrected chi connectivity index (χ3v) is 7.93. The van der Waals surface area contributed by atoms with Crippen LogP contribution >= 0.6 is 0 Å². The van der Waals surface area contributed by atoms with Gasteiger partial charge in [-0.2, -0.15) is 0 Å². The van der Waals surface area contributed by atoms with Gasteiger partial charge in [-0.25, -0.2) is 0 Å². The van der Waals surface area contributed by atoms with E-state index >= 15 is 0 Å². The van der Waals surface area contributed by atoms with Crippen molar-refractivity contribution in [3.8, 4) is 11.1 Å². The van der Waals surface area contributed by atoms with Gasteiger partial charge in [0.15, 0.2) is 0 Å². The van der Waals surface area contributed by atoms with E-state index in [-0.39, 0.29) is 0 Å². The average Bonchev–Trinajstić information content (AvgIpc) is 3.44. The van der Waals surface area contributed by atoms with Gasteiger partial charge < -0.3 is 19.4 Å². The second-order valence-corrected chi connectivity index (χ2v) is 9.82. The van der Waals surface area contributed by atoms with Crippen LogP contribution in [0.15, 0.2) is 89.3 Å². The van der Waals surface area contributed by atoms with Crippen molar-refractivity contribution in [3.63, 3.8) is 0 Å². The molecule has 1 saturated carbocycles. The normalized spacial score (nSPS) is 19.2. The standard InChI is InChI=1S/C30H26BNO3/c33-31(34)26-14-7-13-24-23-12-6-11-21(29(23)35-30(24)26)19-16-17-28-25(18-19)22-10-4-5-15-27(22)32(28)20-8-2-1-3-9-20/h1-3,6-9,11-14,16-18,22,27,33-34H,4-5,10,15H2. The molecule has 1 aliphatic heterocycles. The summed E-state index contributed by atoms with van der Waals surface area (Å²) >= 11 is 0. The van der Waals surface area contributed by atoms with E-state index in [0.717, 1.165) is 27.5 Å². The molecule has 4 nitrogen and oxygen atoms in total. The topological polar surface area (TPSA) is 56.8 Å². The highest BCUT2D eigenvalue weighted by Gasteiger charge is 2.40. The Bertz CT molecular complexity index is 1560. The van der Waals surface area contributed by atoms with E-state index in [9.17, 15) is 10.0 Å². The zero-order valence-electron chi connectivity index (χ0n) is 19.4. The van der Waals surface area contributed by atoms with Crippen molar-refractivity contribution >= 4 is 45.9 Å². The molecule has 0 amide bonds. The zero-order chi connectivity index (χ0) is 23.5. The fraction of sp³-hybridized carbons (Fsp3) is 0.200. The Kier molecular flexibility index (Phi) is 4.76. The Balaban J connectivity index is 1.40. The minimum atomic E-state index is -1.57. The van der Waals surface area contributed by atoms with Crippen LogP contribution in [0.1, 0.15) is 37.2 Å². The fourth-order valence-corrected chi connectivity index (χ4v) is 6.39. The molecule has 5 aromatic rings. The lowest BCUT2D eigenvalue weighted by Gasteiger charge is -2.33. The molecule has 4 aromatic carbocycles. The van der Waals surface area contributed by atoms with Crippen molar-refractivity contribution in [2.45, 2.75) is 37.6 Å². The van der Waals surface area contributed by atoms with Gasteiger partial charge in [-0.15, -0.1) is 0 Å². The Morgan fingerprint density at radius 1 is 0.771 bits per heavy atom. The van der Waals surface area contributed by atoms with E-state index in [1.807, 2.05) is 18.2 Å². The van der Waals surface area contributed by atoms with Crippen LogP contribution in [0, 0.1) is 0 Å². The van der Waals surface area contributed by atoms with Crippen molar-refractivity contribution in [3.05, 3.63) is 90.5 Å². The molecule has 0 spiro atoms. The summed E-state index contributed by atoms with van der Waals surface area (Å²) in [5.74, 6) is 0.532. The monoisotopic (exact) mass is 459 g/mol. The van der Waals surface area contributed by atoms with Crippen LogP contribution in [-0.2, 0) is 0 Å². The molecule has 0 saturated heterocycles. The molecule has 2 heterocycles. The van der Waals surface area contributed by atoms with Crippen molar-refractivity contribution in [2.24, 2.45) is 0 Å². The number of rotatable bonds is 3. The number of furan rings is 1. The number of fused-ring (bicyclic) bond motifs is 6. The van der Waals surface area contributed by atoms with Gasteiger partial charge in [0.25, 0.3) is 0 Å². The number of anilines is 2. The summed E-state index contributed by atoms with van der Waals surface area (Å²) in [5, 5.41) is 21.6. The maximum absolute atomic E-state index is 9.86. The first-order chi connectivity index (χ1) is 17.2. The second-order valence-electron chi connectivity index (χ2n) is 9.82. The SMILES string of the molecule is OB(O)c1cccc2c1oc1c(-c3ccc4c(c3)C3CCCCC3N4c3ccccc3)cccc12. The maximum Gasteiger partial charge on any atom is 0.492 e. The first kappa shape index (κ1) is 20.8. The Labute approximate surface area is 204 Å². The first-order valence-corrected chi connectivity index (χ1v) is 12.5. The minimum Gasteiger partial charge on any atom is -0.456 e. The second kappa shape index (κ2) is 8.01. The predicted octanol–water partition coefficient (Wildman–Crippen LogP) is 6.11. The fourth-order valence-electron chi connectivity index (χ4n) is 6.39. The largest absolute Gasteiger partial charge is 0.492 e. The smallest absolute Gasteiger partial charge is 0.456 e. The van der Waals surface area contributed by atoms with Crippen LogP contribution in [0.25, 0.3) is 33.1 Å². The van der Waals surface area contributed by atoms with Crippen molar-refractivity contribution in [1.82, 2.24) is 0 Å². The van der Waals surface area contributed by atoms with Gasteiger partial charge in [-0.05, 0) is 48.2 Å². The summed E-state index contributed by atoms with van der Waals surface area (Å²) in [6, 6.07) is 29.8. The van der Waals surface area contributed by atoms with E-state index in [2.05, 4.69) is 65.6 Å². The van der Waals surface area contributed by atoms with E-state index in [0.29, 0.717) is 23.0 Å². The minimum absolute atomic E-state index is 0.391. The number of nitrogens with zero attached hydrogens (tertiary/aromatic N) is 1. The third-order valence-electron chi connectivity index (χ3n) is 7.93. The van der Waals surface area contributed by atoms with Gasteiger partial charge in [0.1, 0.15) is 11.2 Å². The summed E-state index contributed by atoms with van der Waals surface area (Å²) in [6.45, 7) is 0. The number of hydrogen-bond acceptors (Lipinski definition) is 4. The average molecular weight is 459 g/mol. The molecule has 2 aliphatic rings. The molecule has 7 rings (SSSR count). The summed E-state index contributed by atoms with van der Waals surface area (Å²) in [4.78, 5) is 2.56. The molecule has 0 radical (unpaired) electrons. The predicted molar refractivity (Wildman–Crippen MR) is 143 cm³/mol. The van der Waals surface area contributed by atoms with E-state index in [4.69, 9.17) is 4.42 Å². The van der Waals surface area contributed by atoms with Crippen molar-refractivity contribution in [2.75, 3.05) is 4.90 Å². The van der Waals surface area contributed by atoms with Crippen molar-refractivity contribution in [1.29, 1.82) is 0 Å². The third kappa shape index (κ3) is 3.15. The van der Waals surface area contributed by atoms with Gasteiger partial charge in [-0.1, -0.05) is 73.5 Å². The molecule has 2 atom stereocenters. The highest BCUT2D eigenvalue weighted by molar-refractivity contribution is 6.61. The molecule has 2 unspecified atom stereocenters. The van der Waals surface area contributed by atoms with Crippen LogP contribution in [0.4, 0.5) is 11.4 Å². The molecular formula is C30H26BNO3. The van der Waals surface area contributed by atoms with Gasteiger partial charge in [0, 0.05) is 45.1 Å². The van der Waals surface area contributed by atoms with E-state index in [1.165, 1.54) is 42.6 Å². The molecule has 1 fully saturated rings. The molecule has 1 aliphatic carbocycles. The zero-order valence-corrected chi connectivity index (χ0v) is 19.4. The van der Waals surface area contributed by atoms with Crippen LogP contribution in [0.3, 0.4) is 0 Å². The molecule has 0 bridgehead atoms. The van der Waals surface area contributed by atoms with Gasteiger partial charge >= 0.3 is 7.12 Å². The lowest BCUT2D eigenvalue weighted by Crippen LogP contribution is -2.32. The maximum atomic E-state index is 9.86. The lowest BCUT2D eigenvalue weighted by atomic mass is 9.79. The van der Waals surface area contributed by atoms with E-state index in [1.54, 1.807) is 6.07 Å². The van der Waals surface area contributed by atoms with Gasteiger partial charge in [0.05, 0.1) is 0 Å². The van der Waals surface area contributed by atoms with Gasteiger partial charge in [-0.3, -0.25) is 0 Å². The molecular weight excluding hydrogens is 433 g/mol. The number of hydrogen-bond donors (Lipinski definition) is 2. The first-order valence-electron chi connectivity index (χ1n) is 12.5. The highest BCUT2D eigenvalue weighted by Crippen LogP contribution is 2.52. The van der Waals surface area contributed by atoms with Crippen LogP contribution < -0.4 is 10.4 Å². The molecule has 172 valence electrons. The molecule has 2 N–H and O–H groups in total. The van der Waals surface area contributed by atoms with Crippen molar-refractivity contribution < 1.29 is 14.5 Å². The van der Waals surface area contributed by atoms with Gasteiger partial charge in [0.2, 0.25) is 0 Å². The summed E-state index contributed by atoms with van der Waals surface area (Å²) in [6.07, 6.45) is 4.99. The summed E-state index contributed by atoms with van der Waals surface area (Å²) < 4.78 is 6.32. The Hall–Kier alpha value is -3.54. The van der Waals surface area contributed by atoms with E-state index < -0.39 is 7.12 Å². The number of benzene rings is 4. The van der Waals surface area contributed by atoms with Crippen LogP contribution in [-0.4, -0.2) is 23.2 Å². The van der Waals surface area contributed by atoms with Crippen LogP contribution in [0.2, 0.25) is 0 Å². The molecule has 5 heteroatoms. The molecule has 1 aromatic heterocycles. The molecule has 35 heavy (non-hydrogen) atoms. The highest BCUT2D eigenvalue weighted by atomic mass is 16.4. The Morgan fingerprint density at radius 2 is 1.54 bits per heavy atom. The summed E-state index contributed by atoms with van der Waals surface area (Å²) in [7, 11) is -1.57.